The number of nitrogens with one attached hydrogen (secondary N) is 2. The molecule has 3 aromatic carbocycles. The minimum Gasteiger partial charge on any atom is -0.349 e. The molecular formula is C44H40FN7O2S2. The Kier molecular flexibility index (Phi) is 10.9. The summed E-state index contributed by atoms with van der Waals surface area (Å²) >= 11 is 3.26. The minimum atomic E-state index is -0.333. The Hall–Kier alpha value is -5.85. The van der Waals surface area contributed by atoms with Crippen LogP contribution in [0.25, 0.3) is 17.2 Å². The van der Waals surface area contributed by atoms with Crippen LogP contribution in [0.5, 0.6) is 0 Å². The fraction of sp³-hybridized carbons (Fsp3) is 0.227. The smallest absolute Gasteiger partial charge is 0.251 e. The Bertz CT molecular complexity index is 2510. The van der Waals surface area contributed by atoms with Gasteiger partial charge in [-0.1, -0.05) is 55.0 Å². The number of aryl methyl sites for hydroxylation is 3. The second-order valence-electron chi connectivity index (χ2n) is 14.0. The molecule has 0 saturated heterocycles. The third-order valence-corrected chi connectivity index (χ3v) is 12.1. The molecule has 282 valence electrons. The van der Waals surface area contributed by atoms with Crippen molar-refractivity contribution in [2.75, 3.05) is 11.9 Å². The van der Waals surface area contributed by atoms with Crippen molar-refractivity contribution < 1.29 is 14.0 Å². The minimum absolute atomic E-state index is 0.0245. The van der Waals surface area contributed by atoms with Crippen LogP contribution in [0.3, 0.4) is 0 Å². The van der Waals surface area contributed by atoms with Crippen LogP contribution in [0.1, 0.15) is 90.6 Å². The third kappa shape index (κ3) is 8.07. The van der Waals surface area contributed by atoms with E-state index in [1.807, 2.05) is 72.2 Å². The Labute approximate surface area is 332 Å². The molecule has 6 aromatic rings. The highest BCUT2D eigenvalue weighted by Gasteiger charge is 2.26. The molecule has 1 aliphatic carbocycles. The summed E-state index contributed by atoms with van der Waals surface area (Å²) in [5.41, 5.74) is 6.70. The predicted octanol–water partition coefficient (Wildman–Crippen LogP) is 8.90. The molecule has 4 heterocycles. The van der Waals surface area contributed by atoms with Crippen LogP contribution < -0.4 is 10.6 Å². The molecule has 0 radical (unpaired) electrons. The van der Waals surface area contributed by atoms with Crippen LogP contribution in [0.15, 0.2) is 95.8 Å². The number of thiazole rings is 1. The monoisotopic (exact) mass is 781 g/mol. The summed E-state index contributed by atoms with van der Waals surface area (Å²) in [4.78, 5) is 37.5. The molecule has 0 spiro atoms. The Balaban J connectivity index is 0.980. The Morgan fingerprint density at radius 1 is 1.00 bits per heavy atom. The van der Waals surface area contributed by atoms with Crippen molar-refractivity contribution in [2.45, 2.75) is 57.9 Å². The van der Waals surface area contributed by atoms with Gasteiger partial charge in [0.2, 0.25) is 5.91 Å². The van der Waals surface area contributed by atoms with Gasteiger partial charge >= 0.3 is 0 Å². The van der Waals surface area contributed by atoms with Gasteiger partial charge in [-0.25, -0.2) is 9.37 Å². The molecule has 0 bridgehead atoms. The van der Waals surface area contributed by atoms with E-state index in [4.69, 9.17) is 9.98 Å². The van der Waals surface area contributed by atoms with Crippen molar-refractivity contribution in [1.82, 2.24) is 25.1 Å². The zero-order valence-electron chi connectivity index (χ0n) is 30.9. The standard InChI is InChI=1S/C44H40FN7O2S2/c1-3-20-46-43(54)35-22-29(15-18-33-24-36-42(34-12-4-5-13-37(34)45)47-25-39-51-50-27(2)52(39)44(36)56-33)14-17-31(35)23-40(53)48-32-11-6-8-28(21-32)16-19-41-49-38(26-55-41)30-9-7-10-30/h3-6,8,11-14,16-17,19,21-22,24,26,30H,1,7,9-10,15,18,20,23,25H2,2H3,(H,46,54)(H,48,53)/b19-16+. The van der Waals surface area contributed by atoms with Crippen molar-refractivity contribution >= 4 is 58.0 Å². The van der Waals surface area contributed by atoms with Crippen LogP contribution in [-0.4, -0.2) is 43.8 Å². The van der Waals surface area contributed by atoms with E-state index in [0.29, 0.717) is 65.8 Å². The topological polar surface area (TPSA) is 114 Å². The molecule has 56 heavy (non-hydrogen) atoms. The number of halogens is 1. The summed E-state index contributed by atoms with van der Waals surface area (Å²) in [7, 11) is 0. The molecular weight excluding hydrogens is 742 g/mol. The number of aliphatic imine (C=N–C) groups is 1. The number of nitrogens with zero attached hydrogens (tertiary/aromatic N) is 5. The average molecular weight is 782 g/mol. The predicted molar refractivity (Wildman–Crippen MR) is 223 cm³/mol. The highest BCUT2D eigenvalue weighted by Crippen LogP contribution is 2.37. The van der Waals surface area contributed by atoms with Crippen LogP contribution in [0.4, 0.5) is 10.1 Å². The zero-order valence-corrected chi connectivity index (χ0v) is 32.6. The van der Waals surface area contributed by atoms with E-state index < -0.39 is 0 Å². The van der Waals surface area contributed by atoms with Gasteiger partial charge in [-0.3, -0.25) is 19.1 Å². The van der Waals surface area contributed by atoms with E-state index in [1.165, 1.54) is 31.0 Å². The molecule has 1 aliphatic heterocycles. The quantitative estimate of drug-likeness (QED) is 0.114. The van der Waals surface area contributed by atoms with Gasteiger partial charge in [0.1, 0.15) is 28.2 Å². The lowest BCUT2D eigenvalue weighted by Crippen LogP contribution is -2.26. The number of hydrogen-bond acceptors (Lipinski definition) is 8. The van der Waals surface area contributed by atoms with Crippen molar-refractivity contribution in [1.29, 1.82) is 0 Å². The van der Waals surface area contributed by atoms with Gasteiger partial charge in [0, 0.05) is 45.1 Å². The Morgan fingerprint density at radius 3 is 2.70 bits per heavy atom. The first-order chi connectivity index (χ1) is 27.3. The summed E-state index contributed by atoms with van der Waals surface area (Å²) < 4.78 is 17.1. The largest absolute Gasteiger partial charge is 0.349 e. The first kappa shape index (κ1) is 37.1. The second-order valence-corrected chi connectivity index (χ2v) is 16.0. The molecule has 1 saturated carbocycles. The molecule has 2 amide bonds. The Morgan fingerprint density at radius 2 is 1.88 bits per heavy atom. The first-order valence-corrected chi connectivity index (χ1v) is 20.4. The maximum atomic E-state index is 15.1. The molecule has 1 fully saturated rings. The fourth-order valence-electron chi connectivity index (χ4n) is 6.99. The number of thiophene rings is 1. The van der Waals surface area contributed by atoms with Crippen molar-refractivity contribution in [3.8, 4) is 5.00 Å². The summed E-state index contributed by atoms with van der Waals surface area (Å²) in [6.07, 6.45) is 10.7. The van der Waals surface area contributed by atoms with Gasteiger partial charge in [-0.15, -0.1) is 39.4 Å². The number of amides is 2. The van der Waals surface area contributed by atoms with Gasteiger partial charge in [-0.2, -0.15) is 0 Å². The van der Waals surface area contributed by atoms with E-state index >= 15 is 4.39 Å². The molecule has 0 unspecified atom stereocenters. The van der Waals surface area contributed by atoms with Crippen molar-refractivity contribution in [3.05, 3.63) is 157 Å². The van der Waals surface area contributed by atoms with Crippen LogP contribution in [0.2, 0.25) is 0 Å². The maximum absolute atomic E-state index is 15.1. The summed E-state index contributed by atoms with van der Waals surface area (Å²) in [5.74, 6) is 1.22. The molecule has 12 heteroatoms. The van der Waals surface area contributed by atoms with Gasteiger partial charge in [0.25, 0.3) is 5.91 Å². The van der Waals surface area contributed by atoms with Crippen LogP contribution in [-0.2, 0) is 30.6 Å². The van der Waals surface area contributed by atoms with Crippen molar-refractivity contribution in [2.24, 2.45) is 4.99 Å². The molecule has 3 aromatic heterocycles. The highest BCUT2D eigenvalue weighted by molar-refractivity contribution is 7.15. The lowest BCUT2D eigenvalue weighted by Gasteiger charge is -2.22. The van der Waals surface area contributed by atoms with Crippen LogP contribution >= 0.6 is 22.7 Å². The number of benzene rings is 3. The highest BCUT2D eigenvalue weighted by atomic mass is 32.1. The second kappa shape index (κ2) is 16.5. The lowest BCUT2D eigenvalue weighted by atomic mass is 9.83. The SMILES string of the molecule is C=CCNC(=O)c1cc(CCc2cc3c(s2)-n2c(C)nnc2CN=C3c2ccccc2F)ccc1CC(=O)Nc1cccc(/C=C/c2nc(C3CCC3)cs2)c1. The molecule has 2 aliphatic rings. The summed E-state index contributed by atoms with van der Waals surface area (Å²) in [5, 5.41) is 18.6. The summed E-state index contributed by atoms with van der Waals surface area (Å²) in [6.45, 7) is 6.23. The number of fused-ring (bicyclic) bond motifs is 3. The summed E-state index contributed by atoms with van der Waals surface area (Å²) in [6, 6.07) is 22.1. The van der Waals surface area contributed by atoms with E-state index in [0.717, 1.165) is 37.4 Å². The normalized spacial score (nSPS) is 13.7. The number of aromatic nitrogens is 4. The molecule has 0 atom stereocenters. The average Bonchev–Trinajstić information content (AvgIpc) is 3.89. The number of carbonyl (C=O) groups excluding carboxylic acids is 2. The fourth-order valence-corrected chi connectivity index (χ4v) is 9.00. The van der Waals surface area contributed by atoms with E-state index in [1.54, 1.807) is 40.9 Å². The van der Waals surface area contributed by atoms with Gasteiger partial charge in [0.05, 0.1) is 17.8 Å². The lowest BCUT2D eigenvalue weighted by molar-refractivity contribution is -0.115. The van der Waals surface area contributed by atoms with Gasteiger partial charge < -0.3 is 10.6 Å². The number of anilines is 1. The van der Waals surface area contributed by atoms with Gasteiger partial charge in [0.15, 0.2) is 5.82 Å². The maximum Gasteiger partial charge on any atom is 0.251 e. The number of hydrogen-bond donors (Lipinski definition) is 2. The van der Waals surface area contributed by atoms with Crippen molar-refractivity contribution in [3.63, 3.8) is 0 Å². The van der Waals surface area contributed by atoms with Gasteiger partial charge in [-0.05, 0) is 91.8 Å². The first-order valence-electron chi connectivity index (χ1n) is 18.7. The molecule has 2 N–H and O–H groups in total. The number of rotatable bonds is 13. The third-order valence-electron chi connectivity index (χ3n) is 10.1. The number of carbonyl (C=O) groups is 2. The van der Waals surface area contributed by atoms with E-state index in [2.05, 4.69) is 38.9 Å². The van der Waals surface area contributed by atoms with E-state index in [9.17, 15) is 9.59 Å². The zero-order chi connectivity index (χ0) is 38.6. The van der Waals surface area contributed by atoms with Crippen LogP contribution in [0, 0.1) is 12.7 Å². The molecule has 8 rings (SSSR count). The van der Waals surface area contributed by atoms with E-state index in [-0.39, 0.29) is 24.1 Å². The molecule has 9 nitrogen and oxygen atoms in total.